The fraction of sp³-hybridized carbons (Fsp3) is 0.257. The molecular weight excluding hydrogens is 593 g/mol. The number of rotatable bonds is 14. The molecule has 0 heterocycles. The van der Waals surface area contributed by atoms with Gasteiger partial charge in [-0.25, -0.2) is 12.8 Å². The van der Waals surface area contributed by atoms with Gasteiger partial charge in [-0.2, -0.15) is 0 Å². The Balaban J connectivity index is 1.84. The van der Waals surface area contributed by atoms with Crippen LogP contribution in [0.15, 0.2) is 114 Å². The minimum absolute atomic E-state index is 0.0249. The van der Waals surface area contributed by atoms with Crippen LogP contribution in [0.5, 0.6) is 5.75 Å². The Morgan fingerprint density at radius 3 is 2.09 bits per heavy atom. The van der Waals surface area contributed by atoms with Crippen LogP contribution >= 0.6 is 0 Å². The van der Waals surface area contributed by atoms with Crippen LogP contribution in [0.25, 0.3) is 0 Å². The lowest BCUT2D eigenvalue weighted by Crippen LogP contribution is -2.54. The highest BCUT2D eigenvalue weighted by atomic mass is 32.2. The predicted molar refractivity (Wildman–Crippen MR) is 173 cm³/mol. The number of nitrogens with zero attached hydrogens (tertiary/aromatic N) is 2. The number of amides is 2. The Kier molecular flexibility index (Phi) is 11.3. The first-order valence-electron chi connectivity index (χ1n) is 14.8. The van der Waals surface area contributed by atoms with Crippen molar-refractivity contribution in [2.45, 2.75) is 50.7 Å². The number of carbonyl (C=O) groups excluding carboxylic acids is 2. The largest absolute Gasteiger partial charge is 0.492 e. The maximum atomic E-state index is 15.0. The van der Waals surface area contributed by atoms with Crippen molar-refractivity contribution >= 4 is 27.5 Å². The van der Waals surface area contributed by atoms with Gasteiger partial charge in [0.15, 0.2) is 0 Å². The summed E-state index contributed by atoms with van der Waals surface area (Å²) in [6.07, 6.45) is 0.126. The molecule has 2 amide bonds. The highest BCUT2D eigenvalue weighted by Crippen LogP contribution is 2.33. The third-order valence-corrected chi connectivity index (χ3v) is 8.82. The molecule has 0 aromatic heterocycles. The number of sulfonamides is 1. The summed E-state index contributed by atoms with van der Waals surface area (Å²) >= 11 is 0. The SMILES string of the molecule is CCOc1ccccc1N(CC(=O)N(Cc1ccccc1F)[C@H](Cc1ccccc1)C(=O)NC(C)C)S(=O)(=O)c1ccccc1. The molecule has 0 radical (unpaired) electrons. The van der Waals surface area contributed by atoms with E-state index in [9.17, 15) is 18.0 Å². The van der Waals surface area contributed by atoms with E-state index in [0.717, 1.165) is 9.87 Å². The van der Waals surface area contributed by atoms with Gasteiger partial charge < -0.3 is 15.0 Å². The van der Waals surface area contributed by atoms with Crippen molar-refractivity contribution in [2.24, 2.45) is 0 Å². The molecule has 0 bridgehead atoms. The summed E-state index contributed by atoms with van der Waals surface area (Å²) in [7, 11) is -4.30. The first-order chi connectivity index (χ1) is 21.6. The van der Waals surface area contributed by atoms with Gasteiger partial charge in [0.05, 0.1) is 17.2 Å². The second-order valence-electron chi connectivity index (χ2n) is 10.7. The highest BCUT2D eigenvalue weighted by Gasteiger charge is 2.36. The number of ether oxygens (including phenoxy) is 1. The van der Waals surface area contributed by atoms with Crippen molar-refractivity contribution in [1.82, 2.24) is 10.2 Å². The number of hydrogen-bond donors (Lipinski definition) is 1. The molecule has 0 unspecified atom stereocenters. The van der Waals surface area contributed by atoms with Gasteiger partial charge in [0.2, 0.25) is 11.8 Å². The van der Waals surface area contributed by atoms with Crippen molar-refractivity contribution in [3.63, 3.8) is 0 Å². The summed E-state index contributed by atoms with van der Waals surface area (Å²) in [6.45, 7) is 4.71. The van der Waals surface area contributed by atoms with E-state index in [1.54, 1.807) is 75.4 Å². The molecule has 0 aliphatic rings. The van der Waals surface area contributed by atoms with Gasteiger partial charge in [0.1, 0.15) is 24.2 Å². The lowest BCUT2D eigenvalue weighted by molar-refractivity contribution is -0.140. The van der Waals surface area contributed by atoms with Crippen molar-refractivity contribution in [3.8, 4) is 5.75 Å². The highest BCUT2D eigenvalue weighted by molar-refractivity contribution is 7.92. The van der Waals surface area contributed by atoms with E-state index >= 15 is 4.39 Å². The second-order valence-corrected chi connectivity index (χ2v) is 12.6. The Morgan fingerprint density at radius 1 is 0.844 bits per heavy atom. The van der Waals surface area contributed by atoms with Gasteiger partial charge in [0, 0.05) is 24.6 Å². The smallest absolute Gasteiger partial charge is 0.264 e. The van der Waals surface area contributed by atoms with Crippen LogP contribution in [-0.4, -0.2) is 50.4 Å². The quantitative estimate of drug-likeness (QED) is 0.196. The Morgan fingerprint density at radius 2 is 1.44 bits per heavy atom. The van der Waals surface area contributed by atoms with Crippen LogP contribution in [0.4, 0.5) is 10.1 Å². The predicted octanol–water partition coefficient (Wildman–Crippen LogP) is 5.58. The molecule has 4 aromatic rings. The van der Waals surface area contributed by atoms with Gasteiger partial charge in [-0.3, -0.25) is 13.9 Å². The number of hydrogen-bond acceptors (Lipinski definition) is 5. The maximum absolute atomic E-state index is 15.0. The average Bonchev–Trinajstić information content (AvgIpc) is 3.03. The fourth-order valence-electron chi connectivity index (χ4n) is 4.92. The van der Waals surface area contributed by atoms with Crippen molar-refractivity contribution < 1.29 is 27.1 Å². The number of carbonyl (C=O) groups is 2. The van der Waals surface area contributed by atoms with E-state index in [0.29, 0.717) is 0 Å². The van der Waals surface area contributed by atoms with E-state index in [2.05, 4.69) is 5.32 Å². The fourth-order valence-corrected chi connectivity index (χ4v) is 6.36. The zero-order valence-corrected chi connectivity index (χ0v) is 26.4. The average molecular weight is 632 g/mol. The van der Waals surface area contributed by atoms with Crippen LogP contribution in [0.3, 0.4) is 0 Å². The molecule has 45 heavy (non-hydrogen) atoms. The third kappa shape index (κ3) is 8.48. The normalized spacial score (nSPS) is 11.9. The van der Waals surface area contributed by atoms with Crippen LogP contribution in [0.1, 0.15) is 31.9 Å². The molecule has 0 aliphatic heterocycles. The first kappa shape index (κ1) is 33.2. The van der Waals surface area contributed by atoms with Gasteiger partial charge in [-0.15, -0.1) is 0 Å². The standard InChI is InChI=1S/C35H38FN3O5S/c1-4-44-33-22-14-13-21-31(33)39(45(42,43)29-18-9-6-10-19-29)25-34(40)38(24-28-17-11-12-20-30(28)36)32(35(41)37-26(2)3)23-27-15-7-5-8-16-27/h5-22,26,32H,4,23-25H2,1-3H3,(H,37,41)/t32-/m1/s1. The molecule has 0 aliphatic carbocycles. The van der Waals surface area contributed by atoms with Gasteiger partial charge in [-0.1, -0.05) is 78.9 Å². The van der Waals surface area contributed by atoms with E-state index in [4.69, 9.17) is 4.74 Å². The summed E-state index contributed by atoms with van der Waals surface area (Å²) in [5.74, 6) is -1.41. The number of para-hydroxylation sites is 2. The van der Waals surface area contributed by atoms with Crippen LogP contribution in [-0.2, 0) is 32.6 Å². The van der Waals surface area contributed by atoms with E-state index in [1.807, 2.05) is 30.3 Å². The van der Waals surface area contributed by atoms with Crippen LogP contribution in [0.2, 0.25) is 0 Å². The first-order valence-corrected chi connectivity index (χ1v) is 16.2. The molecule has 1 N–H and O–H groups in total. The number of benzene rings is 4. The molecule has 4 aromatic carbocycles. The van der Waals surface area contributed by atoms with E-state index in [1.165, 1.54) is 29.2 Å². The molecule has 0 spiro atoms. The van der Waals surface area contributed by atoms with E-state index in [-0.39, 0.29) is 47.5 Å². The molecule has 1 atom stereocenters. The summed E-state index contributed by atoms with van der Waals surface area (Å²) in [6, 6.07) is 28.2. The minimum atomic E-state index is -4.30. The topological polar surface area (TPSA) is 96.0 Å². The molecule has 0 saturated carbocycles. The molecule has 4 rings (SSSR count). The monoisotopic (exact) mass is 631 g/mol. The summed E-state index contributed by atoms with van der Waals surface area (Å²) in [4.78, 5) is 29.5. The van der Waals surface area contributed by atoms with E-state index < -0.39 is 40.2 Å². The Bertz CT molecular complexity index is 1680. The van der Waals surface area contributed by atoms with Gasteiger partial charge >= 0.3 is 0 Å². The Labute approximate surface area is 264 Å². The van der Waals surface area contributed by atoms with Crippen molar-refractivity contribution in [2.75, 3.05) is 17.5 Å². The van der Waals surface area contributed by atoms with Crippen molar-refractivity contribution in [1.29, 1.82) is 0 Å². The maximum Gasteiger partial charge on any atom is 0.264 e. The number of anilines is 1. The molecular formula is C35H38FN3O5S. The van der Waals surface area contributed by atoms with Gasteiger partial charge in [-0.05, 0) is 56.7 Å². The van der Waals surface area contributed by atoms with Crippen molar-refractivity contribution in [3.05, 3.63) is 126 Å². The van der Waals surface area contributed by atoms with Gasteiger partial charge in [0.25, 0.3) is 10.0 Å². The minimum Gasteiger partial charge on any atom is -0.492 e. The summed E-state index contributed by atoms with van der Waals surface area (Å²) in [5.41, 5.74) is 1.13. The summed E-state index contributed by atoms with van der Waals surface area (Å²) in [5, 5.41) is 2.89. The molecule has 0 saturated heterocycles. The van der Waals surface area contributed by atoms with Crippen LogP contribution < -0.4 is 14.4 Å². The van der Waals surface area contributed by atoms with Crippen LogP contribution in [0, 0.1) is 5.82 Å². The molecule has 8 nitrogen and oxygen atoms in total. The second kappa shape index (κ2) is 15.3. The lowest BCUT2D eigenvalue weighted by Gasteiger charge is -2.34. The number of nitrogens with one attached hydrogen (secondary N) is 1. The molecule has 10 heteroatoms. The summed E-state index contributed by atoms with van der Waals surface area (Å²) < 4.78 is 50.1. The zero-order valence-electron chi connectivity index (χ0n) is 25.6. The lowest BCUT2D eigenvalue weighted by atomic mass is 10.0. The Hall–Kier alpha value is -4.70. The molecule has 236 valence electrons. The zero-order chi connectivity index (χ0) is 32.4. The third-order valence-electron chi connectivity index (χ3n) is 7.04. The molecule has 0 fully saturated rings. The number of halogens is 1.